The van der Waals surface area contributed by atoms with Crippen LogP contribution in [0.3, 0.4) is 0 Å². The van der Waals surface area contributed by atoms with Crippen molar-refractivity contribution in [2.75, 3.05) is 13.2 Å². The predicted octanol–water partition coefficient (Wildman–Crippen LogP) is 2.91. The normalized spacial score (nSPS) is 17.0. The van der Waals surface area contributed by atoms with E-state index in [9.17, 15) is 19.2 Å². The predicted molar refractivity (Wildman–Crippen MR) is 124 cm³/mol. The molecule has 0 unspecified atom stereocenters. The summed E-state index contributed by atoms with van der Waals surface area (Å²) >= 11 is 5.97. The third kappa shape index (κ3) is 9.04. The molecule has 1 atom stereocenters. The Bertz CT molecular complexity index is 852. The number of amides is 3. The van der Waals surface area contributed by atoms with Gasteiger partial charge in [0.1, 0.15) is 6.04 Å². The molecule has 0 aliphatic heterocycles. The van der Waals surface area contributed by atoms with Gasteiger partial charge in [0.2, 0.25) is 11.7 Å². The van der Waals surface area contributed by atoms with Crippen molar-refractivity contribution in [2.24, 2.45) is 5.92 Å². The molecule has 0 heterocycles. The van der Waals surface area contributed by atoms with Crippen LogP contribution in [0.5, 0.6) is 0 Å². The van der Waals surface area contributed by atoms with Crippen LogP contribution >= 0.6 is 11.6 Å². The number of nitrogens with one attached hydrogen (secondary N) is 3. The zero-order chi connectivity index (χ0) is 23.6. The first-order chi connectivity index (χ1) is 15.9. The van der Waals surface area contributed by atoms with Gasteiger partial charge in [-0.25, -0.2) is 4.79 Å². The molecule has 180 valence electrons. The number of Topliss-reactive ketones (excluding diaryl/α,β-unsaturated/α-hetero) is 1. The molecular formula is C24H32ClN3O5. The van der Waals surface area contributed by atoms with Crippen LogP contribution in [0.2, 0.25) is 5.02 Å². The van der Waals surface area contributed by atoms with Gasteiger partial charge >= 0.3 is 6.09 Å². The molecule has 1 aromatic carbocycles. The average Bonchev–Trinajstić information content (AvgIpc) is 3.61. The van der Waals surface area contributed by atoms with E-state index in [-0.39, 0.29) is 12.6 Å². The Hall–Kier alpha value is -2.61. The summed E-state index contributed by atoms with van der Waals surface area (Å²) in [6.45, 7) is -0.256. The Balaban J connectivity index is 1.48. The van der Waals surface area contributed by atoms with E-state index in [0.29, 0.717) is 23.8 Å². The largest absolute Gasteiger partial charge is 0.449 e. The highest BCUT2D eigenvalue weighted by Gasteiger charge is 2.29. The molecule has 2 aliphatic rings. The number of benzene rings is 1. The Kier molecular flexibility index (Phi) is 9.54. The second-order valence-electron chi connectivity index (χ2n) is 8.84. The second-order valence-corrected chi connectivity index (χ2v) is 9.28. The van der Waals surface area contributed by atoms with Gasteiger partial charge in [0.25, 0.3) is 5.91 Å². The maximum absolute atomic E-state index is 12.8. The SMILES string of the molecule is O=C(N[C@@H](CC1CCCCC1)C(=O)NCC(=O)C(=O)NC1CC1)OCCc1cccc(Cl)c1. The zero-order valence-corrected chi connectivity index (χ0v) is 19.5. The van der Waals surface area contributed by atoms with Crippen molar-refractivity contribution in [1.82, 2.24) is 16.0 Å². The van der Waals surface area contributed by atoms with Crippen molar-refractivity contribution < 1.29 is 23.9 Å². The summed E-state index contributed by atoms with van der Waals surface area (Å²) < 4.78 is 5.27. The van der Waals surface area contributed by atoms with Crippen molar-refractivity contribution in [3.63, 3.8) is 0 Å². The van der Waals surface area contributed by atoms with Gasteiger partial charge in [-0.3, -0.25) is 14.4 Å². The Labute approximate surface area is 199 Å². The first-order valence-electron chi connectivity index (χ1n) is 11.7. The fourth-order valence-electron chi connectivity index (χ4n) is 3.99. The number of hydrogen-bond acceptors (Lipinski definition) is 5. The smallest absolute Gasteiger partial charge is 0.407 e. The summed E-state index contributed by atoms with van der Waals surface area (Å²) in [4.78, 5) is 48.9. The van der Waals surface area contributed by atoms with Crippen LogP contribution < -0.4 is 16.0 Å². The summed E-state index contributed by atoms with van der Waals surface area (Å²) in [5.41, 5.74) is 0.940. The van der Waals surface area contributed by atoms with Crippen LogP contribution in [0.4, 0.5) is 4.79 Å². The molecule has 2 aliphatic carbocycles. The average molecular weight is 478 g/mol. The van der Waals surface area contributed by atoms with Crippen molar-refractivity contribution in [3.05, 3.63) is 34.9 Å². The van der Waals surface area contributed by atoms with Crippen LogP contribution in [0.25, 0.3) is 0 Å². The van der Waals surface area contributed by atoms with E-state index in [0.717, 1.165) is 44.1 Å². The van der Waals surface area contributed by atoms with Gasteiger partial charge in [-0.1, -0.05) is 55.8 Å². The van der Waals surface area contributed by atoms with Crippen molar-refractivity contribution in [1.29, 1.82) is 0 Å². The molecule has 0 radical (unpaired) electrons. The molecule has 8 nitrogen and oxygen atoms in total. The molecule has 2 saturated carbocycles. The monoisotopic (exact) mass is 477 g/mol. The minimum absolute atomic E-state index is 0.0690. The van der Waals surface area contributed by atoms with E-state index in [1.807, 2.05) is 12.1 Å². The topological polar surface area (TPSA) is 114 Å². The third-order valence-corrected chi connectivity index (χ3v) is 6.24. The van der Waals surface area contributed by atoms with Crippen LogP contribution in [-0.4, -0.2) is 48.9 Å². The van der Waals surface area contributed by atoms with E-state index < -0.39 is 36.3 Å². The minimum Gasteiger partial charge on any atom is -0.449 e. The first-order valence-corrected chi connectivity index (χ1v) is 12.1. The van der Waals surface area contributed by atoms with Crippen molar-refractivity contribution >= 4 is 35.3 Å². The lowest BCUT2D eigenvalue weighted by molar-refractivity contribution is -0.138. The summed E-state index contributed by atoms with van der Waals surface area (Å²) in [5.74, 6) is -1.55. The molecule has 33 heavy (non-hydrogen) atoms. The zero-order valence-electron chi connectivity index (χ0n) is 18.7. The van der Waals surface area contributed by atoms with E-state index in [2.05, 4.69) is 16.0 Å². The minimum atomic E-state index is -0.828. The van der Waals surface area contributed by atoms with Gasteiger partial charge in [-0.2, -0.15) is 0 Å². The molecule has 3 rings (SSSR count). The maximum Gasteiger partial charge on any atom is 0.407 e. The van der Waals surface area contributed by atoms with Gasteiger partial charge in [0, 0.05) is 17.5 Å². The third-order valence-electron chi connectivity index (χ3n) is 6.00. The quantitative estimate of drug-likeness (QED) is 0.424. The van der Waals surface area contributed by atoms with Crippen LogP contribution in [0, 0.1) is 5.92 Å². The van der Waals surface area contributed by atoms with Crippen molar-refractivity contribution in [2.45, 2.75) is 69.9 Å². The summed E-state index contributed by atoms with van der Waals surface area (Å²) in [7, 11) is 0. The van der Waals surface area contributed by atoms with E-state index in [1.54, 1.807) is 12.1 Å². The highest BCUT2D eigenvalue weighted by Crippen LogP contribution is 2.27. The van der Waals surface area contributed by atoms with E-state index >= 15 is 0 Å². The fraction of sp³-hybridized carbons (Fsp3) is 0.583. The van der Waals surface area contributed by atoms with Gasteiger partial charge in [0.15, 0.2) is 0 Å². The molecular weight excluding hydrogens is 446 g/mol. The standard InChI is InChI=1S/C24H32ClN3O5/c25-18-8-4-7-17(13-18)11-12-33-24(32)28-20(14-16-5-2-1-3-6-16)22(30)26-15-21(29)23(31)27-19-9-10-19/h4,7-8,13,16,19-20H,1-3,5-6,9-12,14-15H2,(H,26,30)(H,27,31)(H,28,32)/t20-/m0/s1. The Morgan fingerprint density at radius 2 is 1.82 bits per heavy atom. The molecule has 0 aromatic heterocycles. The molecule has 0 saturated heterocycles. The van der Waals surface area contributed by atoms with Gasteiger partial charge < -0.3 is 20.7 Å². The molecule has 3 amide bonds. The summed E-state index contributed by atoms with van der Waals surface area (Å²) in [5, 5.41) is 8.37. The number of hydrogen-bond donors (Lipinski definition) is 3. The number of carbonyl (C=O) groups excluding carboxylic acids is 4. The summed E-state index contributed by atoms with van der Waals surface area (Å²) in [6, 6.07) is 6.54. The highest BCUT2D eigenvalue weighted by molar-refractivity contribution is 6.37. The van der Waals surface area contributed by atoms with Gasteiger partial charge in [0.05, 0.1) is 13.2 Å². The number of ether oxygens (including phenoxy) is 1. The second kappa shape index (κ2) is 12.6. The molecule has 0 spiro atoms. The molecule has 0 bridgehead atoms. The molecule has 2 fully saturated rings. The Morgan fingerprint density at radius 3 is 2.52 bits per heavy atom. The lowest BCUT2D eigenvalue weighted by Gasteiger charge is -2.26. The van der Waals surface area contributed by atoms with Crippen LogP contribution in [0.1, 0.15) is 56.9 Å². The maximum atomic E-state index is 12.8. The van der Waals surface area contributed by atoms with Gasteiger partial charge in [-0.15, -0.1) is 0 Å². The first kappa shape index (κ1) is 25.0. The number of alkyl carbamates (subject to hydrolysis) is 1. The number of halogens is 1. The van der Waals surface area contributed by atoms with E-state index in [1.165, 1.54) is 6.42 Å². The number of rotatable bonds is 11. The lowest BCUT2D eigenvalue weighted by atomic mass is 9.84. The van der Waals surface area contributed by atoms with Gasteiger partial charge in [-0.05, 0) is 42.9 Å². The van der Waals surface area contributed by atoms with Crippen LogP contribution in [0.15, 0.2) is 24.3 Å². The number of ketones is 1. The Morgan fingerprint density at radius 1 is 1.06 bits per heavy atom. The van der Waals surface area contributed by atoms with Crippen LogP contribution in [-0.2, 0) is 25.5 Å². The van der Waals surface area contributed by atoms with E-state index in [4.69, 9.17) is 16.3 Å². The molecule has 1 aromatic rings. The van der Waals surface area contributed by atoms with Crippen molar-refractivity contribution in [3.8, 4) is 0 Å². The molecule has 3 N–H and O–H groups in total. The lowest BCUT2D eigenvalue weighted by Crippen LogP contribution is -2.50. The fourth-order valence-corrected chi connectivity index (χ4v) is 4.20. The number of carbonyl (C=O) groups is 4. The molecule has 9 heteroatoms. The highest BCUT2D eigenvalue weighted by atomic mass is 35.5. The summed E-state index contributed by atoms with van der Waals surface area (Å²) in [6.07, 6.45) is 7.40.